The van der Waals surface area contributed by atoms with E-state index in [1.54, 1.807) is 17.5 Å². The van der Waals surface area contributed by atoms with Crippen LogP contribution in [0.1, 0.15) is 63.2 Å². The van der Waals surface area contributed by atoms with Crippen molar-refractivity contribution in [3.8, 4) is 0 Å². The number of fused-ring (bicyclic) bond motifs is 1. The molecule has 3 heterocycles. The number of aromatic nitrogens is 1. The van der Waals surface area contributed by atoms with E-state index in [0.717, 1.165) is 44.5 Å². The zero-order valence-electron chi connectivity index (χ0n) is 44.5. The van der Waals surface area contributed by atoms with Crippen LogP contribution < -0.4 is 10.6 Å². The molecule has 0 saturated carbocycles. The van der Waals surface area contributed by atoms with Crippen LogP contribution in [0.25, 0.3) is 0 Å². The van der Waals surface area contributed by atoms with Crippen LogP contribution in [-0.2, 0) is 44.6 Å². The van der Waals surface area contributed by atoms with Crippen LogP contribution in [-0.4, -0.2) is 63.1 Å². The van der Waals surface area contributed by atoms with Crippen LogP contribution in [0.4, 0.5) is 5.13 Å². The highest BCUT2D eigenvalue weighted by Crippen LogP contribution is 2.45. The number of allylic oxidation sites excluding steroid dienone is 1. The van der Waals surface area contributed by atoms with Crippen molar-refractivity contribution in [1.82, 2.24) is 15.2 Å². The molecule has 0 radical (unpaired) electrons. The van der Waals surface area contributed by atoms with E-state index in [1.165, 1.54) is 34.9 Å². The zero-order valence-corrected chi connectivity index (χ0v) is 46.1. The Hall–Kier alpha value is -9.63. The number of nitrogens with zero attached hydrogens (tertiary/aromatic N) is 3. The second kappa shape index (κ2) is 24.8. The van der Waals surface area contributed by atoms with E-state index in [4.69, 9.17) is 24.5 Å². The quantitative estimate of drug-likeness (QED) is 0.0248. The van der Waals surface area contributed by atoms with Gasteiger partial charge in [0.25, 0.3) is 11.8 Å². The number of nitrogens with one attached hydrogen (secondary N) is 2. The van der Waals surface area contributed by atoms with Crippen molar-refractivity contribution in [2.75, 3.05) is 17.7 Å². The van der Waals surface area contributed by atoms with Gasteiger partial charge in [-0.05, 0) is 39.5 Å². The van der Waals surface area contributed by atoms with E-state index in [0.29, 0.717) is 10.7 Å². The number of amides is 2. The van der Waals surface area contributed by atoms with E-state index in [-0.39, 0.29) is 29.5 Å². The molecule has 0 bridgehead atoms. The number of carbonyl (C=O) groups is 4. The Balaban J connectivity index is 0.988. The first-order valence-electron chi connectivity index (χ1n) is 26.7. The van der Waals surface area contributed by atoms with E-state index in [9.17, 15) is 14.4 Å². The van der Waals surface area contributed by atoms with Crippen LogP contribution >= 0.6 is 23.1 Å². The molecule has 9 aromatic rings. The standard InChI is InChI=1S/C68H55N5O7S2/c1-47(74)78-44-26-31-50-45-81-64-59(63(76)73(64)60(50)65(77)79-61(48-27-10-2-11-28-48)49-29-12-3-13-30-49)70-62(75)58(72-80-68(54-38-20-7-21-39-54,55-40-22-8-23-41-55)56-42-24-9-25-43-56)57-46-82-66(69-57)71-67(51-32-14-4-15-33-51,52-34-16-5-17-35-52)53-36-18-6-19-37-53/h2-43,46,59,61,64H,44-45H2,1H3,(H,69,71)(H,70,75)/b31-26+,72-58-/t59?,64-/m0/s1. The van der Waals surface area contributed by atoms with Crippen LogP contribution in [0.3, 0.4) is 0 Å². The maximum atomic E-state index is 15.5. The Morgan fingerprint density at radius 1 is 0.646 bits per heavy atom. The third-order valence-electron chi connectivity index (χ3n) is 14.3. The lowest BCUT2D eigenvalue weighted by molar-refractivity contribution is -0.154. The first kappa shape index (κ1) is 54.3. The summed E-state index contributed by atoms with van der Waals surface area (Å²) in [7, 11) is 0. The van der Waals surface area contributed by atoms with Gasteiger partial charge in [-0.1, -0.05) is 254 Å². The second-order valence-electron chi connectivity index (χ2n) is 19.4. The van der Waals surface area contributed by atoms with E-state index in [1.807, 2.05) is 206 Å². The highest BCUT2D eigenvalue weighted by Gasteiger charge is 2.55. The number of hydrogen-bond acceptors (Lipinski definition) is 12. The van der Waals surface area contributed by atoms with Gasteiger partial charge in [-0.25, -0.2) is 9.78 Å². The van der Waals surface area contributed by atoms with Gasteiger partial charge in [0, 0.05) is 34.7 Å². The molecule has 2 N–H and O–H groups in total. The Labute approximate surface area is 483 Å². The van der Waals surface area contributed by atoms with Crippen LogP contribution in [0.2, 0.25) is 0 Å². The summed E-state index contributed by atoms with van der Waals surface area (Å²) >= 11 is 2.66. The number of carbonyl (C=O) groups excluding carboxylic acids is 4. The summed E-state index contributed by atoms with van der Waals surface area (Å²) in [5.41, 5.74) is 4.64. The maximum absolute atomic E-state index is 15.5. The Morgan fingerprint density at radius 3 is 1.54 bits per heavy atom. The number of β-lactam (4-membered cyclic amide) rings is 1. The first-order valence-corrected chi connectivity index (χ1v) is 28.6. The normalized spacial score (nSPS) is 15.3. The molecule has 8 aromatic carbocycles. The number of rotatable bonds is 20. The number of oxime groups is 1. The number of esters is 2. The smallest absolute Gasteiger partial charge is 0.356 e. The number of thioether (sulfide) groups is 1. The highest BCUT2D eigenvalue weighted by molar-refractivity contribution is 8.00. The van der Waals surface area contributed by atoms with Crippen molar-refractivity contribution in [2.24, 2.45) is 5.16 Å². The fraction of sp³-hybridized carbons (Fsp3) is 0.118. The molecular weight excluding hydrogens is 1060 g/mol. The number of hydrogen-bond donors (Lipinski definition) is 2. The molecule has 406 valence electrons. The van der Waals surface area contributed by atoms with E-state index < -0.39 is 52.4 Å². The molecule has 2 atom stereocenters. The van der Waals surface area contributed by atoms with Gasteiger partial charge >= 0.3 is 11.9 Å². The molecule has 2 amide bonds. The summed E-state index contributed by atoms with van der Waals surface area (Å²) in [5.74, 6) is -2.26. The van der Waals surface area contributed by atoms with Gasteiger partial charge in [0.15, 0.2) is 16.9 Å². The van der Waals surface area contributed by atoms with Gasteiger partial charge in [0.2, 0.25) is 5.60 Å². The molecule has 1 unspecified atom stereocenters. The Kier molecular flexibility index (Phi) is 16.4. The number of ether oxygens (including phenoxy) is 2. The molecule has 0 aliphatic carbocycles. The minimum atomic E-state index is -1.39. The van der Waals surface area contributed by atoms with Gasteiger partial charge in [-0.3, -0.25) is 19.3 Å². The minimum absolute atomic E-state index is 0.0136. The Morgan fingerprint density at radius 2 is 1.09 bits per heavy atom. The van der Waals surface area contributed by atoms with E-state index in [2.05, 4.69) is 47.0 Å². The van der Waals surface area contributed by atoms with Crippen LogP contribution in [0, 0.1) is 0 Å². The zero-order chi connectivity index (χ0) is 56.3. The van der Waals surface area contributed by atoms with Gasteiger partial charge < -0.3 is 24.9 Å². The first-order chi connectivity index (χ1) is 40.2. The second-order valence-corrected chi connectivity index (χ2v) is 21.3. The molecule has 1 saturated heterocycles. The number of thiazole rings is 1. The molecule has 1 aromatic heterocycles. The lowest BCUT2D eigenvalue weighted by Crippen LogP contribution is -2.71. The summed E-state index contributed by atoms with van der Waals surface area (Å²) in [5, 5.41) is 13.2. The van der Waals surface area contributed by atoms with Crippen molar-refractivity contribution in [2.45, 2.75) is 35.6 Å². The van der Waals surface area contributed by atoms with Crippen LogP contribution in [0.15, 0.2) is 277 Å². The van der Waals surface area contributed by atoms with Crippen LogP contribution in [0.5, 0.6) is 0 Å². The lowest BCUT2D eigenvalue weighted by atomic mass is 9.77. The fourth-order valence-corrected chi connectivity index (χ4v) is 12.5. The fourth-order valence-electron chi connectivity index (χ4n) is 10.4. The third kappa shape index (κ3) is 11.1. The maximum Gasteiger partial charge on any atom is 0.356 e. The van der Waals surface area contributed by atoms with Crippen molar-refractivity contribution in [3.05, 3.63) is 322 Å². The SMILES string of the molecule is CC(=O)OC/C=C/C1=C(C(=O)OC(c2ccccc2)c2ccccc2)N2C(=O)C(NC(=O)/C(=N\OC(c3ccccc3)(c3ccccc3)c3ccccc3)c3csc(NC(c4ccccc4)(c4ccccc4)c4ccccc4)n3)[C@@H]2SC1. The summed E-state index contributed by atoms with van der Waals surface area (Å²) in [6.07, 6.45) is 2.46. The monoisotopic (exact) mass is 1120 g/mol. The molecule has 14 heteroatoms. The molecule has 0 spiro atoms. The van der Waals surface area contributed by atoms with Crippen molar-refractivity contribution >= 4 is 57.7 Å². The van der Waals surface area contributed by atoms with Crippen molar-refractivity contribution in [3.63, 3.8) is 0 Å². The van der Waals surface area contributed by atoms with Crippen molar-refractivity contribution in [1.29, 1.82) is 0 Å². The predicted molar refractivity (Wildman–Crippen MR) is 320 cm³/mol. The molecule has 2 aliphatic heterocycles. The average Bonchev–Trinajstić information content (AvgIpc) is 4.14. The van der Waals surface area contributed by atoms with Gasteiger partial charge in [0.05, 0.1) is 0 Å². The van der Waals surface area contributed by atoms with Gasteiger partial charge in [0.1, 0.15) is 35.0 Å². The summed E-state index contributed by atoms with van der Waals surface area (Å²) < 4.78 is 11.6. The van der Waals surface area contributed by atoms with E-state index >= 15 is 4.79 Å². The number of anilines is 1. The highest BCUT2D eigenvalue weighted by atomic mass is 32.2. The molecule has 11 rings (SSSR count). The Bertz CT molecular complexity index is 3530. The molecule has 12 nitrogen and oxygen atoms in total. The minimum Gasteiger partial charge on any atom is -0.462 e. The predicted octanol–water partition coefficient (Wildman–Crippen LogP) is 12.4. The number of benzene rings is 8. The molecule has 2 aliphatic rings. The molecule has 82 heavy (non-hydrogen) atoms. The summed E-state index contributed by atoms with van der Waals surface area (Å²) in [4.78, 5) is 70.5. The summed E-state index contributed by atoms with van der Waals surface area (Å²) in [6.45, 7) is 1.26. The third-order valence-corrected chi connectivity index (χ3v) is 16.4. The topological polar surface area (TPSA) is 149 Å². The molecular formula is C68H55N5O7S2. The van der Waals surface area contributed by atoms with Gasteiger partial charge in [-0.15, -0.1) is 23.1 Å². The summed E-state index contributed by atoms with van der Waals surface area (Å²) in [6, 6.07) is 77.0. The lowest BCUT2D eigenvalue weighted by Gasteiger charge is -2.49. The van der Waals surface area contributed by atoms with Crippen molar-refractivity contribution < 1.29 is 33.5 Å². The average molecular weight is 1120 g/mol. The van der Waals surface area contributed by atoms with Gasteiger partial charge in [-0.2, -0.15) is 0 Å². The largest absolute Gasteiger partial charge is 0.462 e. The molecule has 1 fully saturated rings.